The first-order chi connectivity index (χ1) is 9.47. The van der Waals surface area contributed by atoms with Crippen molar-refractivity contribution in [3.8, 4) is 5.69 Å². The SMILES string of the molecule is Cc1cc2c(cc1F)[nH]c(=S)n2-c1ccc(F)c(Br)c1. The van der Waals surface area contributed by atoms with Crippen LogP contribution in [0.25, 0.3) is 16.7 Å². The molecule has 0 amide bonds. The number of benzene rings is 2. The summed E-state index contributed by atoms with van der Waals surface area (Å²) in [6, 6.07) is 7.75. The van der Waals surface area contributed by atoms with Crippen LogP contribution in [0, 0.1) is 23.3 Å². The summed E-state index contributed by atoms with van der Waals surface area (Å²) in [4.78, 5) is 2.96. The van der Waals surface area contributed by atoms with E-state index in [0.717, 1.165) is 5.52 Å². The Morgan fingerprint density at radius 1 is 1.15 bits per heavy atom. The Morgan fingerprint density at radius 3 is 2.60 bits per heavy atom. The van der Waals surface area contributed by atoms with Gasteiger partial charge in [0.1, 0.15) is 11.6 Å². The number of fused-ring (bicyclic) bond motifs is 1. The predicted octanol–water partition coefficient (Wildman–Crippen LogP) is 5.04. The van der Waals surface area contributed by atoms with Gasteiger partial charge in [-0.3, -0.25) is 4.57 Å². The van der Waals surface area contributed by atoms with E-state index in [1.54, 1.807) is 29.7 Å². The molecule has 0 spiro atoms. The van der Waals surface area contributed by atoms with Crippen LogP contribution in [-0.2, 0) is 0 Å². The first-order valence-electron chi connectivity index (χ1n) is 5.83. The lowest BCUT2D eigenvalue weighted by Gasteiger charge is -2.06. The Kier molecular flexibility index (Phi) is 3.22. The summed E-state index contributed by atoms with van der Waals surface area (Å²) in [5.41, 5.74) is 2.60. The number of nitrogens with one attached hydrogen (secondary N) is 1. The molecular formula is C14H9BrF2N2S. The molecule has 0 atom stereocenters. The molecule has 0 unspecified atom stereocenters. The number of rotatable bonds is 1. The number of aromatic amines is 1. The van der Waals surface area contributed by atoms with Crippen molar-refractivity contribution >= 4 is 39.2 Å². The van der Waals surface area contributed by atoms with Gasteiger partial charge in [-0.2, -0.15) is 0 Å². The topological polar surface area (TPSA) is 20.7 Å². The molecule has 0 aliphatic rings. The van der Waals surface area contributed by atoms with Crippen LogP contribution in [0.15, 0.2) is 34.8 Å². The van der Waals surface area contributed by atoms with Gasteiger partial charge in [-0.05, 0) is 71.0 Å². The number of aryl methyl sites for hydroxylation is 1. The van der Waals surface area contributed by atoms with Crippen molar-refractivity contribution in [2.75, 3.05) is 0 Å². The van der Waals surface area contributed by atoms with Gasteiger partial charge in [-0.1, -0.05) is 0 Å². The monoisotopic (exact) mass is 354 g/mol. The maximum atomic E-state index is 13.6. The average molecular weight is 355 g/mol. The first-order valence-corrected chi connectivity index (χ1v) is 7.04. The molecule has 102 valence electrons. The third-order valence-corrected chi connectivity index (χ3v) is 4.02. The second-order valence-electron chi connectivity index (χ2n) is 4.48. The molecule has 0 aliphatic carbocycles. The molecule has 1 heterocycles. The fourth-order valence-electron chi connectivity index (χ4n) is 2.11. The van der Waals surface area contributed by atoms with E-state index in [1.165, 1.54) is 12.1 Å². The summed E-state index contributed by atoms with van der Waals surface area (Å²) in [6.45, 7) is 1.69. The van der Waals surface area contributed by atoms with Crippen LogP contribution in [0.5, 0.6) is 0 Å². The standard InChI is InChI=1S/C14H9BrF2N2S/c1-7-4-13-12(6-11(7)17)18-14(20)19(13)8-2-3-10(16)9(15)5-8/h2-6H,1H3,(H,18,20). The number of halogens is 3. The summed E-state index contributed by atoms with van der Waals surface area (Å²) < 4.78 is 29.5. The number of imidazole rings is 1. The molecule has 3 aromatic rings. The fourth-order valence-corrected chi connectivity index (χ4v) is 2.79. The molecule has 20 heavy (non-hydrogen) atoms. The molecule has 0 aliphatic heterocycles. The molecule has 6 heteroatoms. The van der Waals surface area contributed by atoms with Gasteiger partial charge >= 0.3 is 0 Å². The molecule has 1 N–H and O–H groups in total. The molecule has 2 nitrogen and oxygen atoms in total. The van der Waals surface area contributed by atoms with E-state index in [0.29, 0.717) is 26.0 Å². The Balaban J connectivity index is 2.35. The van der Waals surface area contributed by atoms with Crippen molar-refractivity contribution in [1.29, 1.82) is 0 Å². The van der Waals surface area contributed by atoms with Crippen molar-refractivity contribution in [1.82, 2.24) is 9.55 Å². The normalized spacial score (nSPS) is 11.2. The van der Waals surface area contributed by atoms with Crippen molar-refractivity contribution in [2.45, 2.75) is 6.92 Å². The lowest BCUT2D eigenvalue weighted by Crippen LogP contribution is -1.95. The van der Waals surface area contributed by atoms with E-state index in [9.17, 15) is 8.78 Å². The molecule has 2 aromatic carbocycles. The van der Waals surface area contributed by atoms with Gasteiger partial charge in [0.05, 0.1) is 15.5 Å². The smallest absolute Gasteiger partial charge is 0.182 e. The van der Waals surface area contributed by atoms with Gasteiger partial charge in [-0.15, -0.1) is 0 Å². The minimum absolute atomic E-state index is 0.291. The summed E-state index contributed by atoms with van der Waals surface area (Å²) in [6.07, 6.45) is 0. The fraction of sp³-hybridized carbons (Fsp3) is 0.0714. The van der Waals surface area contributed by atoms with Gasteiger partial charge in [0.15, 0.2) is 4.77 Å². The summed E-state index contributed by atoms with van der Waals surface area (Å²) in [5.74, 6) is -0.636. The van der Waals surface area contributed by atoms with Crippen LogP contribution >= 0.6 is 28.1 Å². The zero-order valence-corrected chi connectivity index (χ0v) is 12.8. The van der Waals surface area contributed by atoms with Gasteiger partial charge in [0.25, 0.3) is 0 Å². The molecule has 0 saturated heterocycles. The maximum absolute atomic E-state index is 13.6. The van der Waals surface area contributed by atoms with Crippen molar-refractivity contribution in [3.05, 3.63) is 56.8 Å². The average Bonchev–Trinajstić information content (AvgIpc) is 2.69. The molecule has 0 radical (unpaired) electrons. The maximum Gasteiger partial charge on any atom is 0.182 e. The van der Waals surface area contributed by atoms with E-state index in [-0.39, 0.29) is 11.6 Å². The van der Waals surface area contributed by atoms with E-state index in [2.05, 4.69) is 20.9 Å². The predicted molar refractivity (Wildman–Crippen MR) is 80.8 cm³/mol. The van der Waals surface area contributed by atoms with Crippen LogP contribution in [-0.4, -0.2) is 9.55 Å². The lowest BCUT2D eigenvalue weighted by atomic mass is 10.2. The number of aromatic nitrogens is 2. The number of H-pyrrole nitrogens is 1. The summed E-state index contributed by atoms with van der Waals surface area (Å²) in [7, 11) is 0. The van der Waals surface area contributed by atoms with E-state index in [1.807, 2.05) is 0 Å². The quantitative estimate of drug-likeness (QED) is 0.607. The summed E-state index contributed by atoms with van der Waals surface area (Å²) >= 11 is 8.43. The van der Waals surface area contributed by atoms with Crippen LogP contribution in [0.4, 0.5) is 8.78 Å². The van der Waals surface area contributed by atoms with E-state index < -0.39 is 0 Å². The highest BCUT2D eigenvalue weighted by Gasteiger charge is 2.11. The molecule has 0 bridgehead atoms. The van der Waals surface area contributed by atoms with Gasteiger partial charge in [0, 0.05) is 5.69 Å². The zero-order valence-electron chi connectivity index (χ0n) is 10.4. The molecule has 3 rings (SSSR count). The highest BCUT2D eigenvalue weighted by Crippen LogP contribution is 2.25. The second kappa shape index (κ2) is 4.79. The Labute approximate surface area is 127 Å². The van der Waals surface area contributed by atoms with Crippen LogP contribution in [0.1, 0.15) is 5.56 Å². The first kappa shape index (κ1) is 13.5. The molecule has 0 fully saturated rings. The number of nitrogens with zero attached hydrogens (tertiary/aromatic N) is 1. The highest BCUT2D eigenvalue weighted by atomic mass is 79.9. The molecular weight excluding hydrogens is 346 g/mol. The van der Waals surface area contributed by atoms with Gasteiger partial charge in [0.2, 0.25) is 0 Å². The van der Waals surface area contributed by atoms with Crippen LogP contribution in [0.3, 0.4) is 0 Å². The van der Waals surface area contributed by atoms with Gasteiger partial charge < -0.3 is 4.98 Å². The Hall–Kier alpha value is -1.53. The Bertz CT molecular complexity index is 883. The van der Waals surface area contributed by atoms with Crippen LogP contribution < -0.4 is 0 Å². The third kappa shape index (κ3) is 2.09. The molecule has 0 saturated carbocycles. The minimum atomic E-state index is -0.345. The Morgan fingerprint density at radius 2 is 1.90 bits per heavy atom. The minimum Gasteiger partial charge on any atom is -0.330 e. The highest BCUT2D eigenvalue weighted by molar-refractivity contribution is 9.10. The zero-order chi connectivity index (χ0) is 14.4. The summed E-state index contributed by atoms with van der Waals surface area (Å²) in [5, 5.41) is 0. The largest absolute Gasteiger partial charge is 0.330 e. The van der Waals surface area contributed by atoms with E-state index in [4.69, 9.17) is 12.2 Å². The van der Waals surface area contributed by atoms with Crippen LogP contribution in [0.2, 0.25) is 0 Å². The van der Waals surface area contributed by atoms with Gasteiger partial charge in [-0.25, -0.2) is 8.78 Å². The second-order valence-corrected chi connectivity index (χ2v) is 5.72. The number of hydrogen-bond donors (Lipinski definition) is 1. The van der Waals surface area contributed by atoms with Crippen molar-refractivity contribution in [3.63, 3.8) is 0 Å². The molecule has 1 aromatic heterocycles. The van der Waals surface area contributed by atoms with E-state index >= 15 is 0 Å². The number of hydrogen-bond acceptors (Lipinski definition) is 1. The van der Waals surface area contributed by atoms with Crippen molar-refractivity contribution in [2.24, 2.45) is 0 Å². The van der Waals surface area contributed by atoms with Crippen molar-refractivity contribution < 1.29 is 8.78 Å². The third-order valence-electron chi connectivity index (χ3n) is 3.12. The lowest BCUT2D eigenvalue weighted by molar-refractivity contribution is 0.620.